The molecule has 0 spiro atoms. The van der Waals surface area contributed by atoms with Crippen LogP contribution in [0.4, 0.5) is 0 Å². The van der Waals surface area contributed by atoms with Gasteiger partial charge in [-0.2, -0.15) is 0 Å². The lowest BCUT2D eigenvalue weighted by molar-refractivity contribution is -0.121. The van der Waals surface area contributed by atoms with Gasteiger partial charge in [0.15, 0.2) is 0 Å². The summed E-state index contributed by atoms with van der Waals surface area (Å²) in [6, 6.07) is 11.9. The van der Waals surface area contributed by atoms with Crippen LogP contribution in [0.5, 0.6) is 0 Å². The van der Waals surface area contributed by atoms with Crippen LogP contribution in [-0.4, -0.2) is 10.9 Å². The number of thiophene rings is 1. The lowest BCUT2D eigenvalue weighted by atomic mass is 10.1. The van der Waals surface area contributed by atoms with Crippen LogP contribution in [0.2, 0.25) is 0 Å². The molecule has 0 atom stereocenters. The summed E-state index contributed by atoms with van der Waals surface area (Å²) in [7, 11) is 0. The van der Waals surface area contributed by atoms with Crippen molar-refractivity contribution >= 4 is 28.1 Å². The number of hydrogen-bond donors (Lipinski definition) is 2. The van der Waals surface area contributed by atoms with Crippen LogP contribution in [0.25, 0.3) is 10.9 Å². The maximum Gasteiger partial charge on any atom is 0.253 e. The van der Waals surface area contributed by atoms with Crippen molar-refractivity contribution in [2.75, 3.05) is 0 Å². The van der Waals surface area contributed by atoms with Gasteiger partial charge in [0.05, 0.1) is 0 Å². The number of aromatic nitrogens is 1. The SMILES string of the molecule is Cc1ccc2[nH]c(=O)c(CNC(=O)CCCCc3cccs3)cc2c1. The number of rotatable bonds is 7. The second kappa shape index (κ2) is 8.12. The second-order valence-electron chi connectivity index (χ2n) is 6.28. The topological polar surface area (TPSA) is 62.0 Å². The van der Waals surface area contributed by atoms with Crippen LogP contribution >= 0.6 is 11.3 Å². The summed E-state index contributed by atoms with van der Waals surface area (Å²) in [5.41, 5.74) is 2.40. The van der Waals surface area contributed by atoms with Gasteiger partial charge in [0.25, 0.3) is 5.56 Å². The molecule has 0 unspecified atom stereocenters. The summed E-state index contributed by atoms with van der Waals surface area (Å²) in [5, 5.41) is 5.92. The molecule has 4 nitrogen and oxygen atoms in total. The molecule has 0 aliphatic heterocycles. The minimum Gasteiger partial charge on any atom is -0.352 e. The quantitative estimate of drug-likeness (QED) is 0.632. The van der Waals surface area contributed by atoms with E-state index < -0.39 is 0 Å². The molecule has 2 heterocycles. The first-order valence-electron chi connectivity index (χ1n) is 8.53. The molecule has 3 aromatic rings. The second-order valence-corrected chi connectivity index (χ2v) is 7.31. The zero-order chi connectivity index (χ0) is 17.6. The first-order chi connectivity index (χ1) is 12.1. The maximum absolute atomic E-state index is 12.1. The number of unbranched alkanes of at least 4 members (excludes halogenated alkanes) is 1. The van der Waals surface area contributed by atoms with Crippen LogP contribution in [0.1, 0.15) is 35.3 Å². The number of carbonyl (C=O) groups excluding carboxylic acids is 1. The average Bonchev–Trinajstić information content (AvgIpc) is 3.10. The number of carbonyl (C=O) groups is 1. The van der Waals surface area contributed by atoms with Gasteiger partial charge in [0, 0.05) is 28.9 Å². The number of fused-ring (bicyclic) bond motifs is 1. The Hall–Kier alpha value is -2.40. The minimum atomic E-state index is -0.144. The molecule has 5 heteroatoms. The largest absolute Gasteiger partial charge is 0.352 e. The van der Waals surface area contributed by atoms with Gasteiger partial charge in [-0.1, -0.05) is 17.7 Å². The summed E-state index contributed by atoms with van der Waals surface area (Å²) in [4.78, 5) is 28.3. The summed E-state index contributed by atoms with van der Waals surface area (Å²) in [6.45, 7) is 2.28. The van der Waals surface area contributed by atoms with Gasteiger partial charge in [-0.3, -0.25) is 9.59 Å². The van der Waals surface area contributed by atoms with E-state index in [1.165, 1.54) is 4.88 Å². The number of aromatic amines is 1. The van der Waals surface area contributed by atoms with Crippen LogP contribution in [0.3, 0.4) is 0 Å². The number of aryl methyl sites for hydroxylation is 2. The Kier molecular flexibility index (Phi) is 5.66. The molecule has 2 N–H and O–H groups in total. The fourth-order valence-corrected chi connectivity index (χ4v) is 3.58. The Bertz CT molecular complexity index is 913. The fourth-order valence-electron chi connectivity index (χ4n) is 2.82. The third kappa shape index (κ3) is 4.79. The zero-order valence-corrected chi connectivity index (χ0v) is 15.1. The maximum atomic E-state index is 12.1. The third-order valence-corrected chi connectivity index (χ3v) is 5.15. The standard InChI is InChI=1S/C20H22N2O2S/c1-14-8-9-18-15(11-14)12-16(20(24)22-18)13-21-19(23)7-3-2-5-17-6-4-10-25-17/h4,6,8-12H,2-3,5,7,13H2,1H3,(H,21,23)(H,22,24). The van der Waals surface area contributed by atoms with Gasteiger partial charge in [-0.15, -0.1) is 11.3 Å². The van der Waals surface area contributed by atoms with Crippen molar-refractivity contribution in [2.45, 2.75) is 39.2 Å². The van der Waals surface area contributed by atoms with E-state index in [1.807, 2.05) is 31.2 Å². The predicted molar refractivity (Wildman–Crippen MR) is 103 cm³/mol. The molecule has 0 saturated carbocycles. The number of H-pyrrole nitrogens is 1. The van der Waals surface area contributed by atoms with Crippen LogP contribution in [0, 0.1) is 6.92 Å². The highest BCUT2D eigenvalue weighted by Crippen LogP contribution is 2.14. The highest BCUT2D eigenvalue weighted by molar-refractivity contribution is 7.09. The van der Waals surface area contributed by atoms with E-state index in [0.29, 0.717) is 12.0 Å². The van der Waals surface area contributed by atoms with Gasteiger partial charge in [0.1, 0.15) is 0 Å². The Morgan fingerprint density at radius 1 is 1.20 bits per heavy atom. The Labute approximate surface area is 150 Å². The molecule has 0 bridgehead atoms. The van der Waals surface area contributed by atoms with Gasteiger partial charge < -0.3 is 10.3 Å². The van der Waals surface area contributed by atoms with Crippen LogP contribution < -0.4 is 10.9 Å². The normalized spacial score (nSPS) is 10.9. The number of pyridine rings is 1. The lowest BCUT2D eigenvalue weighted by Gasteiger charge is -2.07. The van der Waals surface area contributed by atoms with Crippen molar-refractivity contribution in [1.82, 2.24) is 10.3 Å². The Balaban J connectivity index is 1.50. The van der Waals surface area contributed by atoms with Crippen molar-refractivity contribution < 1.29 is 4.79 Å². The molecule has 1 amide bonds. The first kappa shape index (κ1) is 17.4. The number of nitrogens with one attached hydrogen (secondary N) is 2. The van der Waals surface area contributed by atoms with Gasteiger partial charge in [0.2, 0.25) is 5.91 Å². The molecule has 3 rings (SSSR count). The molecule has 0 fully saturated rings. The van der Waals surface area contributed by atoms with E-state index in [1.54, 1.807) is 11.3 Å². The molecular formula is C20H22N2O2S. The smallest absolute Gasteiger partial charge is 0.253 e. The molecule has 0 saturated heterocycles. The molecule has 2 aromatic heterocycles. The van der Waals surface area contributed by atoms with E-state index in [-0.39, 0.29) is 18.0 Å². The highest BCUT2D eigenvalue weighted by atomic mass is 32.1. The Morgan fingerprint density at radius 3 is 2.88 bits per heavy atom. The predicted octanol–water partition coefficient (Wildman–Crippen LogP) is 3.93. The van der Waals surface area contributed by atoms with E-state index >= 15 is 0 Å². The third-order valence-electron chi connectivity index (χ3n) is 4.21. The average molecular weight is 354 g/mol. The van der Waals surface area contributed by atoms with Crippen molar-refractivity contribution in [3.8, 4) is 0 Å². The molecule has 0 radical (unpaired) electrons. The molecule has 1 aromatic carbocycles. The van der Waals surface area contributed by atoms with Gasteiger partial charge >= 0.3 is 0 Å². The lowest BCUT2D eigenvalue weighted by Crippen LogP contribution is -2.26. The zero-order valence-electron chi connectivity index (χ0n) is 14.3. The van der Waals surface area contributed by atoms with Crippen molar-refractivity contribution in [2.24, 2.45) is 0 Å². The molecule has 130 valence electrons. The van der Waals surface area contributed by atoms with Crippen molar-refractivity contribution in [1.29, 1.82) is 0 Å². The van der Waals surface area contributed by atoms with E-state index in [0.717, 1.165) is 35.7 Å². The van der Waals surface area contributed by atoms with Gasteiger partial charge in [-0.25, -0.2) is 0 Å². The first-order valence-corrected chi connectivity index (χ1v) is 9.41. The Morgan fingerprint density at radius 2 is 2.08 bits per heavy atom. The molecular weight excluding hydrogens is 332 g/mol. The summed E-state index contributed by atoms with van der Waals surface area (Å²) < 4.78 is 0. The van der Waals surface area contributed by atoms with E-state index in [9.17, 15) is 9.59 Å². The summed E-state index contributed by atoms with van der Waals surface area (Å²) >= 11 is 1.75. The van der Waals surface area contributed by atoms with E-state index in [4.69, 9.17) is 0 Å². The summed E-state index contributed by atoms with van der Waals surface area (Å²) in [5.74, 6) is -0.00470. The summed E-state index contributed by atoms with van der Waals surface area (Å²) in [6.07, 6.45) is 3.38. The number of benzene rings is 1. The van der Waals surface area contributed by atoms with Crippen molar-refractivity contribution in [3.63, 3.8) is 0 Å². The monoisotopic (exact) mass is 354 g/mol. The molecule has 25 heavy (non-hydrogen) atoms. The van der Waals surface area contributed by atoms with Crippen LogP contribution in [0.15, 0.2) is 46.6 Å². The number of hydrogen-bond acceptors (Lipinski definition) is 3. The molecule has 0 aliphatic rings. The van der Waals surface area contributed by atoms with E-state index in [2.05, 4.69) is 27.8 Å². The number of amides is 1. The van der Waals surface area contributed by atoms with Crippen LogP contribution in [-0.2, 0) is 17.8 Å². The van der Waals surface area contributed by atoms with Crippen molar-refractivity contribution in [3.05, 3.63) is 68.1 Å². The van der Waals surface area contributed by atoms with Gasteiger partial charge in [-0.05, 0) is 61.2 Å². The minimum absolute atomic E-state index is 0.00470. The fraction of sp³-hybridized carbons (Fsp3) is 0.300. The molecule has 0 aliphatic carbocycles. The highest BCUT2D eigenvalue weighted by Gasteiger charge is 2.06.